The zero-order valence-corrected chi connectivity index (χ0v) is 15.1. The molecule has 1 aromatic carbocycles. The van der Waals surface area contributed by atoms with Crippen LogP contribution < -0.4 is 10.2 Å². The molecular weight excluding hydrogens is 322 g/mol. The summed E-state index contributed by atoms with van der Waals surface area (Å²) in [6.45, 7) is 6.36. The molecule has 4 nitrogen and oxygen atoms in total. The molecule has 1 atom stereocenters. The molecule has 0 unspecified atom stereocenters. The molecule has 1 amide bonds. The number of hydrogen-bond donors (Lipinski definition) is 1. The van der Waals surface area contributed by atoms with E-state index < -0.39 is 0 Å². The van der Waals surface area contributed by atoms with Gasteiger partial charge in [-0.05, 0) is 37.5 Å². The summed E-state index contributed by atoms with van der Waals surface area (Å²) < 4.78 is 0. The Morgan fingerprint density at radius 2 is 2.17 bits per heavy atom. The number of piperazine rings is 1. The van der Waals surface area contributed by atoms with Crippen LogP contribution in [0.2, 0.25) is 5.02 Å². The maximum absolute atomic E-state index is 13.1. The Morgan fingerprint density at radius 1 is 1.38 bits per heavy atom. The number of nitrogens with one attached hydrogen (secondary N) is 1. The first kappa shape index (κ1) is 16.4. The monoisotopic (exact) mass is 347 g/mol. The number of carbonyl (C=O) groups excluding carboxylic acids is 1. The molecule has 2 aliphatic heterocycles. The average molecular weight is 348 g/mol. The third-order valence-corrected chi connectivity index (χ3v) is 6.19. The van der Waals surface area contributed by atoms with Gasteiger partial charge in [0, 0.05) is 48.3 Å². The van der Waals surface area contributed by atoms with Crippen molar-refractivity contribution in [3.63, 3.8) is 0 Å². The maximum Gasteiger partial charge on any atom is 0.241 e. The highest BCUT2D eigenvalue weighted by molar-refractivity contribution is 6.31. The van der Waals surface area contributed by atoms with Crippen LogP contribution in [0.15, 0.2) is 18.2 Å². The highest BCUT2D eigenvalue weighted by Gasteiger charge is 2.46. The van der Waals surface area contributed by atoms with Crippen molar-refractivity contribution >= 4 is 23.2 Å². The van der Waals surface area contributed by atoms with Gasteiger partial charge >= 0.3 is 0 Å². The fourth-order valence-electron chi connectivity index (χ4n) is 4.78. The summed E-state index contributed by atoms with van der Waals surface area (Å²) in [5, 5.41) is 4.15. The van der Waals surface area contributed by atoms with Crippen molar-refractivity contribution in [3.8, 4) is 0 Å². The first-order valence-corrected chi connectivity index (χ1v) is 9.51. The number of nitrogens with zero attached hydrogens (tertiary/aromatic N) is 2. The largest absolute Gasteiger partial charge is 0.312 e. The van der Waals surface area contributed by atoms with Crippen molar-refractivity contribution in [2.24, 2.45) is 0 Å². The Kier molecular flexibility index (Phi) is 4.31. The van der Waals surface area contributed by atoms with Crippen LogP contribution >= 0.6 is 11.6 Å². The molecule has 2 heterocycles. The van der Waals surface area contributed by atoms with E-state index in [-0.39, 0.29) is 11.3 Å². The number of hydrogen-bond acceptors (Lipinski definition) is 3. The first-order valence-electron chi connectivity index (χ1n) is 9.14. The van der Waals surface area contributed by atoms with Crippen molar-refractivity contribution in [3.05, 3.63) is 28.8 Å². The van der Waals surface area contributed by atoms with E-state index >= 15 is 0 Å². The molecule has 1 spiro atoms. The van der Waals surface area contributed by atoms with E-state index in [1.165, 1.54) is 31.2 Å². The van der Waals surface area contributed by atoms with E-state index in [2.05, 4.69) is 23.2 Å². The van der Waals surface area contributed by atoms with Gasteiger partial charge in [-0.3, -0.25) is 9.69 Å². The van der Waals surface area contributed by atoms with Gasteiger partial charge in [0.05, 0.1) is 6.54 Å². The molecule has 2 fully saturated rings. The number of halogens is 1. The molecule has 1 saturated carbocycles. The van der Waals surface area contributed by atoms with Crippen molar-refractivity contribution in [1.82, 2.24) is 10.2 Å². The topological polar surface area (TPSA) is 35.6 Å². The van der Waals surface area contributed by atoms with Crippen LogP contribution in [0.3, 0.4) is 0 Å². The molecule has 1 aromatic rings. The Bertz CT molecular complexity index is 641. The first-order chi connectivity index (χ1) is 11.6. The van der Waals surface area contributed by atoms with Gasteiger partial charge in [-0.25, -0.2) is 0 Å². The lowest BCUT2D eigenvalue weighted by Gasteiger charge is -2.32. The average Bonchev–Trinajstić information content (AvgIpc) is 3.13. The van der Waals surface area contributed by atoms with Crippen LogP contribution in [-0.2, 0) is 10.2 Å². The second-order valence-electron chi connectivity index (χ2n) is 7.72. The highest BCUT2D eigenvalue weighted by Crippen LogP contribution is 2.51. The summed E-state index contributed by atoms with van der Waals surface area (Å²) >= 11 is 6.24. The standard InChI is InChI=1S/C19H26ClN3O/c1-14-11-22(9-8-21-14)12-18(24)23-13-19(6-2-3-7-19)16-5-4-15(20)10-17(16)23/h4-5,10,14,21H,2-3,6-9,11-13H2,1H3/t14-/m1/s1. The second-order valence-corrected chi connectivity index (χ2v) is 8.16. The van der Waals surface area contributed by atoms with Gasteiger partial charge in [-0.1, -0.05) is 30.5 Å². The summed E-state index contributed by atoms with van der Waals surface area (Å²) in [7, 11) is 0. The highest BCUT2D eigenvalue weighted by atomic mass is 35.5. The normalized spacial score (nSPS) is 26.1. The van der Waals surface area contributed by atoms with E-state index in [0.29, 0.717) is 12.6 Å². The Balaban J connectivity index is 1.57. The van der Waals surface area contributed by atoms with Crippen LogP contribution in [-0.4, -0.2) is 49.6 Å². The summed E-state index contributed by atoms with van der Waals surface area (Å²) in [4.78, 5) is 17.3. The fourth-order valence-corrected chi connectivity index (χ4v) is 4.95. The van der Waals surface area contributed by atoms with Gasteiger partial charge in [0.2, 0.25) is 5.91 Å². The lowest BCUT2D eigenvalue weighted by atomic mass is 9.81. The molecule has 1 saturated heterocycles. The van der Waals surface area contributed by atoms with Crippen LogP contribution in [0.4, 0.5) is 5.69 Å². The summed E-state index contributed by atoms with van der Waals surface area (Å²) in [5.41, 5.74) is 2.57. The number of rotatable bonds is 2. The minimum absolute atomic E-state index is 0.173. The van der Waals surface area contributed by atoms with Crippen molar-refractivity contribution in [1.29, 1.82) is 0 Å². The van der Waals surface area contributed by atoms with E-state index in [1.54, 1.807) is 0 Å². The molecule has 0 aromatic heterocycles. The van der Waals surface area contributed by atoms with E-state index in [4.69, 9.17) is 11.6 Å². The summed E-state index contributed by atoms with van der Waals surface area (Å²) in [5.74, 6) is 0.219. The molecule has 130 valence electrons. The van der Waals surface area contributed by atoms with E-state index in [0.717, 1.165) is 36.9 Å². The van der Waals surface area contributed by atoms with E-state index in [1.807, 2.05) is 17.0 Å². The van der Waals surface area contributed by atoms with E-state index in [9.17, 15) is 4.79 Å². The van der Waals surface area contributed by atoms with Crippen LogP contribution in [0.5, 0.6) is 0 Å². The molecule has 5 heteroatoms. The third-order valence-electron chi connectivity index (χ3n) is 5.96. The molecule has 0 radical (unpaired) electrons. The SMILES string of the molecule is C[C@@H]1CN(CC(=O)N2CC3(CCCC3)c3ccc(Cl)cc32)CCN1. The second kappa shape index (κ2) is 6.32. The van der Waals surface area contributed by atoms with Gasteiger partial charge in [0.15, 0.2) is 0 Å². The predicted molar refractivity (Wildman–Crippen MR) is 97.9 cm³/mol. The Labute approximate surface area is 149 Å². The van der Waals surface area contributed by atoms with Gasteiger partial charge in [0.25, 0.3) is 0 Å². The molecule has 1 N–H and O–H groups in total. The van der Waals surface area contributed by atoms with Crippen molar-refractivity contribution in [2.45, 2.75) is 44.1 Å². The maximum atomic E-state index is 13.1. The molecular formula is C19H26ClN3O. The van der Waals surface area contributed by atoms with Gasteiger partial charge in [0.1, 0.15) is 0 Å². The van der Waals surface area contributed by atoms with Crippen LogP contribution in [0.25, 0.3) is 0 Å². The van der Waals surface area contributed by atoms with Crippen molar-refractivity contribution in [2.75, 3.05) is 37.6 Å². The quantitative estimate of drug-likeness (QED) is 0.893. The lowest BCUT2D eigenvalue weighted by Crippen LogP contribution is -2.52. The van der Waals surface area contributed by atoms with Crippen molar-refractivity contribution < 1.29 is 4.79 Å². The third kappa shape index (κ3) is 2.85. The predicted octanol–water partition coefficient (Wildman–Crippen LogP) is 2.79. The Hall–Kier alpha value is -1.10. The summed E-state index contributed by atoms with van der Waals surface area (Å²) in [6.07, 6.45) is 4.91. The number of carbonyl (C=O) groups is 1. The fraction of sp³-hybridized carbons (Fsp3) is 0.632. The number of benzene rings is 1. The zero-order valence-electron chi connectivity index (χ0n) is 14.4. The molecule has 3 aliphatic rings. The van der Waals surface area contributed by atoms with Gasteiger partial charge < -0.3 is 10.2 Å². The number of anilines is 1. The number of fused-ring (bicyclic) bond motifs is 2. The zero-order chi connectivity index (χ0) is 16.7. The molecule has 1 aliphatic carbocycles. The molecule has 4 rings (SSSR count). The minimum Gasteiger partial charge on any atom is -0.312 e. The molecule has 0 bridgehead atoms. The van der Waals surface area contributed by atoms with Crippen LogP contribution in [0.1, 0.15) is 38.2 Å². The Morgan fingerprint density at radius 3 is 2.92 bits per heavy atom. The van der Waals surface area contributed by atoms with Crippen LogP contribution in [0, 0.1) is 0 Å². The van der Waals surface area contributed by atoms with Gasteiger partial charge in [-0.2, -0.15) is 0 Å². The summed E-state index contributed by atoms with van der Waals surface area (Å²) in [6, 6.07) is 6.57. The number of amides is 1. The minimum atomic E-state index is 0.173. The molecule has 24 heavy (non-hydrogen) atoms. The lowest BCUT2D eigenvalue weighted by molar-refractivity contribution is -0.120. The smallest absolute Gasteiger partial charge is 0.241 e. The van der Waals surface area contributed by atoms with Gasteiger partial charge in [-0.15, -0.1) is 0 Å².